The van der Waals surface area contributed by atoms with E-state index in [-0.39, 0.29) is 24.7 Å². The molecule has 0 aromatic carbocycles. The molecule has 132 valence electrons. The summed E-state index contributed by atoms with van der Waals surface area (Å²) in [7, 11) is 0. The molecule has 23 heavy (non-hydrogen) atoms. The van der Waals surface area contributed by atoms with Gasteiger partial charge in [-0.05, 0) is 19.8 Å². The van der Waals surface area contributed by atoms with Crippen LogP contribution in [0.3, 0.4) is 0 Å². The first-order chi connectivity index (χ1) is 10.7. The van der Waals surface area contributed by atoms with Gasteiger partial charge in [0.05, 0.1) is 6.04 Å². The van der Waals surface area contributed by atoms with Crippen LogP contribution in [0, 0.1) is 0 Å². The van der Waals surface area contributed by atoms with Crippen LogP contribution in [-0.2, 0) is 14.4 Å². The van der Waals surface area contributed by atoms with E-state index in [0.29, 0.717) is 6.42 Å². The Morgan fingerprint density at radius 2 is 1.83 bits per heavy atom. The van der Waals surface area contributed by atoms with Crippen LogP contribution < -0.4 is 27.8 Å². The average molecular weight is 348 g/mol. The number of nitrogens with zero attached hydrogens (tertiary/aromatic N) is 1. The second-order valence-electron chi connectivity index (χ2n) is 4.87. The van der Waals surface area contributed by atoms with E-state index in [2.05, 4.69) is 28.3 Å². The quantitative estimate of drug-likeness (QED) is 0.0973. The zero-order valence-corrected chi connectivity index (χ0v) is 13.8. The lowest BCUT2D eigenvalue weighted by Gasteiger charge is -2.19. The van der Waals surface area contributed by atoms with Crippen LogP contribution in [-0.4, -0.2) is 59.3 Å². The number of aliphatic carboxylic acids is 1. The molecule has 0 saturated carbocycles. The van der Waals surface area contributed by atoms with Crippen LogP contribution in [0.15, 0.2) is 4.99 Å². The van der Waals surface area contributed by atoms with Gasteiger partial charge in [-0.2, -0.15) is 12.6 Å². The van der Waals surface area contributed by atoms with E-state index < -0.39 is 35.9 Å². The summed E-state index contributed by atoms with van der Waals surface area (Å²) < 4.78 is 0. The average Bonchev–Trinajstić information content (AvgIpc) is 2.48. The van der Waals surface area contributed by atoms with Gasteiger partial charge in [-0.15, -0.1) is 0 Å². The van der Waals surface area contributed by atoms with Crippen LogP contribution >= 0.6 is 12.6 Å². The maximum absolute atomic E-state index is 11.9. The Labute approximate surface area is 139 Å². The Balaban J connectivity index is 4.46. The molecule has 11 heteroatoms. The van der Waals surface area contributed by atoms with Crippen molar-refractivity contribution in [1.29, 1.82) is 0 Å². The fourth-order valence-electron chi connectivity index (χ4n) is 1.53. The molecule has 0 aromatic rings. The predicted molar refractivity (Wildman–Crippen MR) is 88.9 cm³/mol. The van der Waals surface area contributed by atoms with Crippen LogP contribution in [0.1, 0.15) is 19.8 Å². The van der Waals surface area contributed by atoms with Gasteiger partial charge in [0.25, 0.3) is 0 Å². The van der Waals surface area contributed by atoms with Crippen molar-refractivity contribution in [1.82, 2.24) is 10.6 Å². The Morgan fingerprint density at radius 3 is 2.30 bits per heavy atom. The number of aliphatic imine (C=N–C) groups is 1. The number of thiol groups is 1. The third kappa shape index (κ3) is 8.88. The molecule has 0 aromatic heterocycles. The van der Waals surface area contributed by atoms with Crippen LogP contribution in [0.4, 0.5) is 0 Å². The zero-order valence-electron chi connectivity index (χ0n) is 12.9. The van der Waals surface area contributed by atoms with E-state index >= 15 is 0 Å². The molecule has 0 rings (SSSR count). The van der Waals surface area contributed by atoms with Gasteiger partial charge in [0.2, 0.25) is 11.8 Å². The number of carboxylic acids is 1. The van der Waals surface area contributed by atoms with Crippen LogP contribution in [0.2, 0.25) is 0 Å². The number of carbonyl (C=O) groups excluding carboxylic acids is 2. The summed E-state index contributed by atoms with van der Waals surface area (Å²) in [6.45, 7) is 1.68. The standard InChI is InChI=1S/C12H24N6O4S/c1-6(17-10(20)7(13)5-23)9(19)18-8(11(21)22)3-2-4-16-12(14)15/h6-8,23H,2-5,13H2,1H3,(H,17,20)(H,18,19)(H,21,22)(H4,14,15,16). The number of carboxylic acid groups (broad SMARTS) is 1. The molecule has 3 unspecified atom stereocenters. The number of nitrogens with one attached hydrogen (secondary N) is 2. The van der Waals surface area contributed by atoms with Crippen molar-refractivity contribution in [2.75, 3.05) is 12.3 Å². The summed E-state index contributed by atoms with van der Waals surface area (Å²) in [6.07, 6.45) is 0.523. The number of guanidine groups is 1. The minimum atomic E-state index is -1.19. The van der Waals surface area contributed by atoms with Crippen molar-refractivity contribution in [2.24, 2.45) is 22.2 Å². The molecular weight excluding hydrogens is 324 g/mol. The van der Waals surface area contributed by atoms with Crippen molar-refractivity contribution in [3.05, 3.63) is 0 Å². The molecule has 9 N–H and O–H groups in total. The van der Waals surface area contributed by atoms with Crippen molar-refractivity contribution in [3.8, 4) is 0 Å². The summed E-state index contributed by atoms with van der Waals surface area (Å²) >= 11 is 3.88. The maximum Gasteiger partial charge on any atom is 0.326 e. The van der Waals surface area contributed by atoms with E-state index in [1.54, 1.807) is 0 Å². The number of carbonyl (C=O) groups is 3. The van der Waals surface area contributed by atoms with Gasteiger partial charge in [0.1, 0.15) is 12.1 Å². The van der Waals surface area contributed by atoms with Gasteiger partial charge in [0, 0.05) is 12.3 Å². The normalized spacial score (nSPS) is 14.2. The van der Waals surface area contributed by atoms with E-state index in [9.17, 15) is 14.4 Å². The molecule has 10 nitrogen and oxygen atoms in total. The highest BCUT2D eigenvalue weighted by Crippen LogP contribution is 2.00. The highest BCUT2D eigenvalue weighted by Gasteiger charge is 2.24. The van der Waals surface area contributed by atoms with Crippen molar-refractivity contribution < 1.29 is 19.5 Å². The lowest BCUT2D eigenvalue weighted by Crippen LogP contribution is -2.53. The first kappa shape index (κ1) is 21.0. The highest BCUT2D eigenvalue weighted by molar-refractivity contribution is 7.80. The summed E-state index contributed by atoms with van der Waals surface area (Å²) in [4.78, 5) is 38.4. The van der Waals surface area contributed by atoms with E-state index in [0.717, 1.165) is 0 Å². The van der Waals surface area contributed by atoms with Crippen molar-refractivity contribution in [2.45, 2.75) is 37.9 Å². The topological polar surface area (TPSA) is 186 Å². The van der Waals surface area contributed by atoms with E-state index in [4.69, 9.17) is 22.3 Å². The number of nitrogens with two attached hydrogens (primary N) is 3. The van der Waals surface area contributed by atoms with Gasteiger partial charge in [-0.25, -0.2) is 4.79 Å². The van der Waals surface area contributed by atoms with Gasteiger partial charge >= 0.3 is 5.97 Å². The third-order valence-electron chi connectivity index (χ3n) is 2.85. The summed E-state index contributed by atoms with van der Waals surface area (Å²) in [5.41, 5.74) is 15.8. The number of hydrogen-bond donors (Lipinski definition) is 7. The monoisotopic (exact) mass is 348 g/mol. The first-order valence-corrected chi connectivity index (χ1v) is 7.57. The number of rotatable bonds is 10. The van der Waals surface area contributed by atoms with Crippen molar-refractivity contribution >= 4 is 36.4 Å². The molecule has 2 amide bonds. The van der Waals surface area contributed by atoms with Crippen LogP contribution in [0.5, 0.6) is 0 Å². The Hall–Kier alpha value is -2.01. The van der Waals surface area contributed by atoms with E-state index in [1.165, 1.54) is 6.92 Å². The van der Waals surface area contributed by atoms with E-state index in [1.807, 2.05) is 0 Å². The second-order valence-corrected chi connectivity index (χ2v) is 5.23. The molecule has 3 atom stereocenters. The molecule has 0 aliphatic heterocycles. The molecule has 0 bridgehead atoms. The minimum Gasteiger partial charge on any atom is -0.480 e. The molecule has 0 fully saturated rings. The SMILES string of the molecule is CC(NC(=O)C(N)CS)C(=O)NC(CCCN=C(N)N)C(=O)O. The molecule has 0 spiro atoms. The molecule has 0 aliphatic rings. The van der Waals surface area contributed by atoms with Gasteiger partial charge in [-0.3, -0.25) is 14.6 Å². The molecule has 0 saturated heterocycles. The zero-order chi connectivity index (χ0) is 18.0. The van der Waals surface area contributed by atoms with Gasteiger partial charge in [-0.1, -0.05) is 0 Å². The lowest BCUT2D eigenvalue weighted by molar-refractivity contribution is -0.142. The summed E-state index contributed by atoms with van der Waals surface area (Å²) in [6, 6.07) is -2.87. The Kier molecular flexibility index (Phi) is 9.74. The van der Waals surface area contributed by atoms with Crippen LogP contribution in [0.25, 0.3) is 0 Å². The summed E-state index contributed by atoms with van der Waals surface area (Å²) in [5.74, 6) is -2.31. The molecule has 0 heterocycles. The first-order valence-electron chi connectivity index (χ1n) is 6.94. The minimum absolute atomic E-state index is 0.0854. The highest BCUT2D eigenvalue weighted by atomic mass is 32.1. The summed E-state index contributed by atoms with van der Waals surface area (Å²) in [5, 5.41) is 13.8. The maximum atomic E-state index is 11.9. The fourth-order valence-corrected chi connectivity index (χ4v) is 1.69. The fraction of sp³-hybridized carbons (Fsp3) is 0.667. The second kappa shape index (κ2) is 10.7. The largest absolute Gasteiger partial charge is 0.480 e. The molecular formula is C12H24N6O4S. The number of hydrogen-bond acceptors (Lipinski definition) is 6. The predicted octanol–water partition coefficient (Wildman–Crippen LogP) is -2.63. The Bertz CT molecular complexity index is 455. The smallest absolute Gasteiger partial charge is 0.326 e. The van der Waals surface area contributed by atoms with Crippen molar-refractivity contribution in [3.63, 3.8) is 0 Å². The Morgan fingerprint density at radius 1 is 1.22 bits per heavy atom. The molecule has 0 aliphatic carbocycles. The van der Waals surface area contributed by atoms with Gasteiger partial charge < -0.3 is 32.9 Å². The number of amides is 2. The van der Waals surface area contributed by atoms with Gasteiger partial charge in [0.15, 0.2) is 5.96 Å². The third-order valence-corrected chi connectivity index (χ3v) is 3.24. The molecule has 0 radical (unpaired) electrons. The lowest BCUT2D eigenvalue weighted by atomic mass is 10.1.